The standard InChI is InChI=1S/C23H37N3O4.2ClH/c1-16-9-25(10-17(2)30-16)14-21(27)15-29-22-7-4-18(8-23(22)28-3)11-26-12-19-5-6-20(13-26)24-19;;/h4,7-8,16-17,19-21,24,27H,5-6,9-15H2,1-3H3;2*1H/t16-,17+,19-,20+,21?;;. The molecule has 9 heteroatoms. The van der Waals surface area contributed by atoms with Crippen LogP contribution in [-0.2, 0) is 11.3 Å². The Hall–Kier alpha value is -0.800. The molecule has 3 saturated heterocycles. The molecule has 1 aromatic rings. The zero-order valence-electron chi connectivity index (χ0n) is 19.4. The summed E-state index contributed by atoms with van der Waals surface area (Å²) in [6.07, 6.45) is 2.42. The predicted molar refractivity (Wildman–Crippen MR) is 131 cm³/mol. The van der Waals surface area contributed by atoms with Gasteiger partial charge in [-0.05, 0) is 44.4 Å². The number of aliphatic hydroxyl groups is 1. The molecule has 3 aliphatic heterocycles. The highest BCUT2D eigenvalue weighted by Crippen LogP contribution is 2.30. The molecule has 2 N–H and O–H groups in total. The van der Waals surface area contributed by atoms with Crippen LogP contribution < -0.4 is 14.8 Å². The molecule has 184 valence electrons. The first kappa shape index (κ1) is 27.4. The summed E-state index contributed by atoms with van der Waals surface area (Å²) in [5, 5.41) is 14.1. The first-order chi connectivity index (χ1) is 14.5. The number of hydrogen-bond acceptors (Lipinski definition) is 7. The van der Waals surface area contributed by atoms with Gasteiger partial charge in [0, 0.05) is 51.4 Å². The highest BCUT2D eigenvalue weighted by Gasteiger charge is 2.32. The van der Waals surface area contributed by atoms with E-state index in [-0.39, 0.29) is 43.6 Å². The number of likely N-dealkylation sites (tertiary alicyclic amines) is 1. The number of nitrogens with zero attached hydrogens (tertiary/aromatic N) is 2. The Morgan fingerprint density at radius 2 is 1.69 bits per heavy atom. The van der Waals surface area contributed by atoms with Gasteiger partial charge in [-0.3, -0.25) is 9.80 Å². The molecule has 0 amide bonds. The van der Waals surface area contributed by atoms with Crippen LogP contribution in [0.1, 0.15) is 32.3 Å². The van der Waals surface area contributed by atoms with E-state index in [1.807, 2.05) is 6.07 Å². The lowest BCUT2D eigenvalue weighted by Gasteiger charge is -2.36. The van der Waals surface area contributed by atoms with Crippen LogP contribution in [0.5, 0.6) is 11.5 Å². The fourth-order valence-corrected chi connectivity index (χ4v) is 5.18. The number of morpholine rings is 1. The molecule has 0 aliphatic carbocycles. The Kier molecular flexibility index (Phi) is 10.8. The number of fused-ring (bicyclic) bond motifs is 2. The van der Waals surface area contributed by atoms with Gasteiger partial charge in [0.1, 0.15) is 12.7 Å². The minimum atomic E-state index is -0.553. The summed E-state index contributed by atoms with van der Waals surface area (Å²) in [6, 6.07) is 7.44. The third-order valence-corrected chi connectivity index (χ3v) is 6.32. The first-order valence-corrected chi connectivity index (χ1v) is 11.3. The van der Waals surface area contributed by atoms with Gasteiger partial charge in [0.25, 0.3) is 0 Å². The summed E-state index contributed by atoms with van der Waals surface area (Å²) < 4.78 is 17.3. The van der Waals surface area contributed by atoms with E-state index in [0.717, 1.165) is 38.5 Å². The Bertz CT molecular complexity index is 692. The average Bonchev–Trinajstić information content (AvgIpc) is 3.04. The van der Waals surface area contributed by atoms with Crippen molar-refractivity contribution < 1.29 is 19.3 Å². The number of benzene rings is 1. The summed E-state index contributed by atoms with van der Waals surface area (Å²) in [4.78, 5) is 4.77. The number of aliphatic hydroxyl groups excluding tert-OH is 1. The number of hydrogen-bond donors (Lipinski definition) is 2. The summed E-state index contributed by atoms with van der Waals surface area (Å²) in [5.74, 6) is 1.41. The minimum absolute atomic E-state index is 0. The van der Waals surface area contributed by atoms with Crippen LogP contribution in [0.25, 0.3) is 0 Å². The fraction of sp³-hybridized carbons (Fsp3) is 0.739. The maximum absolute atomic E-state index is 10.5. The summed E-state index contributed by atoms with van der Waals surface area (Å²) in [6.45, 7) is 9.82. The molecule has 2 bridgehead atoms. The summed E-state index contributed by atoms with van der Waals surface area (Å²) in [7, 11) is 1.67. The van der Waals surface area contributed by atoms with Crippen molar-refractivity contribution in [2.24, 2.45) is 0 Å². The highest BCUT2D eigenvalue weighted by atomic mass is 35.5. The van der Waals surface area contributed by atoms with Gasteiger partial charge >= 0.3 is 0 Å². The van der Waals surface area contributed by atoms with E-state index in [0.29, 0.717) is 24.4 Å². The monoisotopic (exact) mass is 491 g/mol. The van der Waals surface area contributed by atoms with E-state index in [1.54, 1.807) is 7.11 Å². The quantitative estimate of drug-likeness (QED) is 0.578. The number of β-amino-alcohol motifs (C(OH)–C–C–N with tert-alkyl or cyclic N) is 1. The summed E-state index contributed by atoms with van der Waals surface area (Å²) >= 11 is 0. The first-order valence-electron chi connectivity index (χ1n) is 11.3. The van der Waals surface area contributed by atoms with Crippen LogP contribution in [0.2, 0.25) is 0 Å². The Morgan fingerprint density at radius 3 is 2.31 bits per heavy atom. The highest BCUT2D eigenvalue weighted by molar-refractivity contribution is 5.85. The summed E-state index contributed by atoms with van der Waals surface area (Å²) in [5.41, 5.74) is 1.23. The average molecular weight is 492 g/mol. The molecule has 32 heavy (non-hydrogen) atoms. The Labute approximate surface area is 204 Å². The number of ether oxygens (including phenoxy) is 3. The largest absolute Gasteiger partial charge is 0.493 e. The number of halogens is 2. The number of piperazine rings is 1. The minimum Gasteiger partial charge on any atom is -0.493 e. The van der Waals surface area contributed by atoms with Gasteiger partial charge in [0.2, 0.25) is 0 Å². The molecule has 0 aromatic heterocycles. The van der Waals surface area contributed by atoms with E-state index in [2.05, 4.69) is 41.1 Å². The van der Waals surface area contributed by atoms with Crippen molar-refractivity contribution in [3.8, 4) is 11.5 Å². The lowest BCUT2D eigenvalue weighted by atomic mass is 10.1. The van der Waals surface area contributed by atoms with E-state index < -0.39 is 6.10 Å². The Balaban J connectivity index is 0.00000181. The molecule has 0 spiro atoms. The molecule has 3 aliphatic rings. The van der Waals surface area contributed by atoms with Crippen LogP contribution in [-0.4, -0.2) is 91.7 Å². The topological polar surface area (TPSA) is 66.4 Å². The smallest absolute Gasteiger partial charge is 0.161 e. The predicted octanol–water partition coefficient (Wildman–Crippen LogP) is 2.32. The van der Waals surface area contributed by atoms with Crippen molar-refractivity contribution in [1.82, 2.24) is 15.1 Å². The van der Waals surface area contributed by atoms with Crippen LogP contribution in [0, 0.1) is 0 Å². The zero-order valence-corrected chi connectivity index (χ0v) is 21.0. The van der Waals surface area contributed by atoms with E-state index in [1.165, 1.54) is 18.4 Å². The van der Waals surface area contributed by atoms with Crippen molar-refractivity contribution in [3.05, 3.63) is 23.8 Å². The van der Waals surface area contributed by atoms with Crippen molar-refractivity contribution in [2.45, 2.75) is 63.6 Å². The van der Waals surface area contributed by atoms with Crippen molar-refractivity contribution in [1.29, 1.82) is 0 Å². The Morgan fingerprint density at radius 1 is 1.03 bits per heavy atom. The second-order valence-electron chi connectivity index (χ2n) is 9.26. The third kappa shape index (κ3) is 7.35. The SMILES string of the molecule is COc1cc(CN2C[C@H]3CC[C@@H](C2)N3)ccc1OCC(O)CN1C[C@@H](C)O[C@@H](C)C1.Cl.Cl. The lowest BCUT2D eigenvalue weighted by Crippen LogP contribution is -2.50. The molecule has 0 saturated carbocycles. The van der Waals surface area contributed by atoms with Crippen molar-refractivity contribution >= 4 is 24.8 Å². The van der Waals surface area contributed by atoms with E-state index >= 15 is 0 Å². The second kappa shape index (κ2) is 12.6. The number of nitrogens with one attached hydrogen (secondary N) is 1. The maximum Gasteiger partial charge on any atom is 0.161 e. The van der Waals surface area contributed by atoms with Gasteiger partial charge in [-0.2, -0.15) is 0 Å². The van der Waals surface area contributed by atoms with Crippen molar-refractivity contribution in [2.75, 3.05) is 46.4 Å². The van der Waals surface area contributed by atoms with Gasteiger partial charge in [-0.15, -0.1) is 24.8 Å². The zero-order chi connectivity index (χ0) is 21.1. The molecule has 0 radical (unpaired) electrons. The molecule has 1 unspecified atom stereocenters. The molecule has 5 atom stereocenters. The second-order valence-corrected chi connectivity index (χ2v) is 9.26. The lowest BCUT2D eigenvalue weighted by molar-refractivity contribution is -0.0787. The van der Waals surface area contributed by atoms with Crippen LogP contribution in [0.3, 0.4) is 0 Å². The number of rotatable bonds is 8. The van der Waals surface area contributed by atoms with Gasteiger partial charge in [-0.1, -0.05) is 6.07 Å². The molecule has 1 aromatic carbocycles. The van der Waals surface area contributed by atoms with Crippen LogP contribution in [0.4, 0.5) is 0 Å². The van der Waals surface area contributed by atoms with Crippen LogP contribution >= 0.6 is 24.8 Å². The number of methoxy groups -OCH3 is 1. The normalized spacial score (nSPS) is 29.0. The maximum atomic E-state index is 10.5. The van der Waals surface area contributed by atoms with Gasteiger partial charge in [-0.25, -0.2) is 0 Å². The molecule has 3 heterocycles. The van der Waals surface area contributed by atoms with Crippen LogP contribution in [0.15, 0.2) is 18.2 Å². The van der Waals surface area contributed by atoms with E-state index in [9.17, 15) is 5.11 Å². The molecular formula is C23H39Cl2N3O4. The molecule has 7 nitrogen and oxygen atoms in total. The third-order valence-electron chi connectivity index (χ3n) is 6.32. The van der Waals surface area contributed by atoms with Gasteiger partial charge < -0.3 is 24.6 Å². The molecular weight excluding hydrogens is 453 g/mol. The van der Waals surface area contributed by atoms with E-state index in [4.69, 9.17) is 14.2 Å². The fourth-order valence-electron chi connectivity index (χ4n) is 5.18. The molecule has 3 fully saturated rings. The van der Waals surface area contributed by atoms with Gasteiger partial charge in [0.15, 0.2) is 11.5 Å². The van der Waals surface area contributed by atoms with Gasteiger partial charge in [0.05, 0.1) is 19.3 Å². The molecule has 4 rings (SSSR count). The van der Waals surface area contributed by atoms with Crippen molar-refractivity contribution in [3.63, 3.8) is 0 Å².